The third-order valence-electron chi connectivity index (χ3n) is 7.13. The molecule has 1 heterocycles. The number of nitrogens with zero attached hydrogens (tertiary/aromatic N) is 2. The molecule has 2 aromatic carbocycles. The first-order chi connectivity index (χ1) is 17.4. The van der Waals surface area contributed by atoms with Crippen LogP contribution in [0.1, 0.15) is 51.0 Å². The van der Waals surface area contributed by atoms with E-state index >= 15 is 0 Å². The van der Waals surface area contributed by atoms with Crippen molar-refractivity contribution in [1.29, 1.82) is 0 Å². The standard InChI is InChI=1S/C23H29N3O4.C6H12/c1-24-22(28)10-11-23(29)26-13-12-25(18-8-9-21(30-2)20(27)15-18)16-19(26)14-17-6-4-3-5-7-17;1-6-4-2-3-5-6/h3-9,15,19,27H,10-14,16H2,1-2H3,(H,24,28);6H,2-5H2,1H3/t19-;/m0./s1. The van der Waals surface area contributed by atoms with Crippen LogP contribution in [-0.2, 0) is 16.0 Å². The van der Waals surface area contributed by atoms with Gasteiger partial charge >= 0.3 is 0 Å². The maximum atomic E-state index is 12.9. The zero-order chi connectivity index (χ0) is 25.9. The Morgan fingerprint density at radius 1 is 1.06 bits per heavy atom. The van der Waals surface area contributed by atoms with E-state index in [4.69, 9.17) is 4.74 Å². The van der Waals surface area contributed by atoms with Gasteiger partial charge in [0, 0.05) is 51.3 Å². The number of carbonyl (C=O) groups is 2. The number of benzene rings is 2. The van der Waals surface area contributed by atoms with Gasteiger partial charge in [-0.1, -0.05) is 62.9 Å². The molecule has 2 aliphatic rings. The predicted molar refractivity (Wildman–Crippen MR) is 143 cm³/mol. The lowest BCUT2D eigenvalue weighted by molar-refractivity contribution is -0.136. The molecule has 0 spiro atoms. The average molecular weight is 496 g/mol. The van der Waals surface area contributed by atoms with Gasteiger partial charge in [0.1, 0.15) is 0 Å². The summed E-state index contributed by atoms with van der Waals surface area (Å²) in [6.45, 7) is 4.21. The van der Waals surface area contributed by atoms with Crippen LogP contribution in [0.4, 0.5) is 5.69 Å². The summed E-state index contributed by atoms with van der Waals surface area (Å²) in [4.78, 5) is 28.5. The van der Waals surface area contributed by atoms with Gasteiger partial charge in [-0.2, -0.15) is 0 Å². The lowest BCUT2D eigenvalue weighted by Gasteiger charge is -2.43. The Balaban J connectivity index is 0.000000526. The van der Waals surface area contributed by atoms with Gasteiger partial charge in [0.15, 0.2) is 11.5 Å². The molecule has 0 radical (unpaired) electrons. The second-order valence-corrected chi connectivity index (χ2v) is 9.80. The van der Waals surface area contributed by atoms with E-state index in [0.29, 0.717) is 25.4 Å². The van der Waals surface area contributed by atoms with Gasteiger partial charge < -0.3 is 25.0 Å². The summed E-state index contributed by atoms with van der Waals surface area (Å²) in [5.41, 5.74) is 2.05. The van der Waals surface area contributed by atoms with Gasteiger partial charge in [-0.3, -0.25) is 9.59 Å². The maximum absolute atomic E-state index is 12.9. The van der Waals surface area contributed by atoms with E-state index in [2.05, 4.69) is 29.3 Å². The number of aromatic hydroxyl groups is 1. The molecule has 2 amide bonds. The highest BCUT2D eigenvalue weighted by Crippen LogP contribution is 2.32. The number of hydrogen-bond acceptors (Lipinski definition) is 5. The quantitative estimate of drug-likeness (QED) is 0.596. The van der Waals surface area contributed by atoms with Gasteiger partial charge in [0.2, 0.25) is 11.8 Å². The number of rotatable bonds is 7. The van der Waals surface area contributed by atoms with Gasteiger partial charge in [-0.15, -0.1) is 0 Å². The van der Waals surface area contributed by atoms with E-state index in [-0.39, 0.29) is 36.4 Å². The minimum absolute atomic E-state index is 0.00300. The van der Waals surface area contributed by atoms with Crippen LogP contribution in [0.2, 0.25) is 0 Å². The summed E-state index contributed by atoms with van der Waals surface area (Å²) in [6.07, 6.45) is 7.07. The fourth-order valence-corrected chi connectivity index (χ4v) is 4.97. The molecule has 7 heteroatoms. The van der Waals surface area contributed by atoms with Crippen molar-refractivity contribution in [2.24, 2.45) is 5.92 Å². The second kappa shape index (κ2) is 13.8. The summed E-state index contributed by atoms with van der Waals surface area (Å²) in [5.74, 6) is 1.44. The molecule has 1 saturated heterocycles. The first-order valence-electron chi connectivity index (χ1n) is 13.1. The number of phenols is 1. The molecule has 1 aliphatic heterocycles. The highest BCUT2D eigenvalue weighted by atomic mass is 16.5. The van der Waals surface area contributed by atoms with Crippen LogP contribution >= 0.6 is 0 Å². The second-order valence-electron chi connectivity index (χ2n) is 9.80. The molecule has 2 aromatic rings. The van der Waals surface area contributed by atoms with Crippen LogP contribution in [0.5, 0.6) is 11.5 Å². The molecule has 7 nitrogen and oxygen atoms in total. The summed E-state index contributed by atoms with van der Waals surface area (Å²) in [7, 11) is 3.10. The maximum Gasteiger partial charge on any atom is 0.223 e. The average Bonchev–Trinajstić information content (AvgIpc) is 3.38. The zero-order valence-electron chi connectivity index (χ0n) is 21.9. The van der Waals surface area contributed by atoms with Crippen LogP contribution in [0.15, 0.2) is 48.5 Å². The summed E-state index contributed by atoms with van der Waals surface area (Å²) in [5, 5.41) is 12.7. The molecule has 4 rings (SSSR count). The van der Waals surface area contributed by atoms with Gasteiger partial charge in [0.25, 0.3) is 0 Å². The van der Waals surface area contributed by atoms with Crippen LogP contribution in [-0.4, -0.2) is 61.7 Å². The molecular formula is C29H41N3O4. The van der Waals surface area contributed by atoms with Crippen molar-refractivity contribution in [3.8, 4) is 11.5 Å². The third kappa shape index (κ3) is 7.90. The number of hydrogen-bond donors (Lipinski definition) is 2. The van der Waals surface area contributed by atoms with Crippen molar-refractivity contribution in [1.82, 2.24) is 10.2 Å². The van der Waals surface area contributed by atoms with E-state index in [1.807, 2.05) is 29.2 Å². The van der Waals surface area contributed by atoms with Gasteiger partial charge in [-0.25, -0.2) is 0 Å². The van der Waals surface area contributed by atoms with E-state index < -0.39 is 0 Å². The topological polar surface area (TPSA) is 82.1 Å². The largest absolute Gasteiger partial charge is 0.504 e. The molecule has 2 fully saturated rings. The Morgan fingerprint density at radius 2 is 1.78 bits per heavy atom. The highest BCUT2D eigenvalue weighted by molar-refractivity contribution is 5.84. The molecule has 36 heavy (non-hydrogen) atoms. The molecule has 1 saturated carbocycles. The Hall–Kier alpha value is -3.22. The highest BCUT2D eigenvalue weighted by Gasteiger charge is 2.31. The minimum atomic E-state index is -0.129. The first kappa shape index (κ1) is 27.4. The molecular weight excluding hydrogens is 454 g/mol. The van der Waals surface area contributed by atoms with Crippen molar-refractivity contribution in [3.63, 3.8) is 0 Å². The smallest absolute Gasteiger partial charge is 0.223 e. The number of methoxy groups -OCH3 is 1. The minimum Gasteiger partial charge on any atom is -0.504 e. The summed E-state index contributed by atoms with van der Waals surface area (Å²) in [6, 6.07) is 15.4. The summed E-state index contributed by atoms with van der Waals surface area (Å²) >= 11 is 0. The van der Waals surface area contributed by atoms with Crippen molar-refractivity contribution in [2.75, 3.05) is 38.7 Å². The molecule has 0 unspecified atom stereocenters. The number of ether oxygens (including phenoxy) is 1. The Bertz CT molecular complexity index is 976. The Kier molecular flexibility index (Phi) is 10.5. The molecule has 196 valence electrons. The SMILES string of the molecule is CC1CCCC1.CNC(=O)CCC(=O)N1CCN(c2ccc(OC)c(O)c2)C[C@@H]1Cc1ccccc1. The molecule has 0 bridgehead atoms. The first-order valence-corrected chi connectivity index (χ1v) is 13.1. The van der Waals surface area contributed by atoms with E-state index in [0.717, 1.165) is 23.6 Å². The molecule has 0 aromatic heterocycles. The monoisotopic (exact) mass is 495 g/mol. The normalized spacial score (nSPS) is 17.8. The van der Waals surface area contributed by atoms with Crippen molar-refractivity contribution < 1.29 is 19.4 Å². The van der Waals surface area contributed by atoms with E-state index in [9.17, 15) is 14.7 Å². The summed E-state index contributed by atoms with van der Waals surface area (Å²) < 4.78 is 5.14. The van der Waals surface area contributed by atoms with Crippen molar-refractivity contribution in [3.05, 3.63) is 54.1 Å². The van der Waals surface area contributed by atoms with Gasteiger partial charge in [-0.05, 0) is 30.0 Å². The lowest BCUT2D eigenvalue weighted by Crippen LogP contribution is -2.56. The fraction of sp³-hybridized carbons (Fsp3) is 0.517. The number of carbonyl (C=O) groups excluding carboxylic acids is 2. The Morgan fingerprint density at radius 3 is 2.36 bits per heavy atom. The van der Waals surface area contributed by atoms with Crippen molar-refractivity contribution >= 4 is 17.5 Å². The third-order valence-corrected chi connectivity index (χ3v) is 7.13. The number of nitrogens with one attached hydrogen (secondary N) is 1. The molecule has 2 N–H and O–H groups in total. The van der Waals surface area contributed by atoms with Crippen molar-refractivity contribution in [2.45, 2.75) is 57.9 Å². The number of amides is 2. The van der Waals surface area contributed by atoms with Gasteiger partial charge in [0.05, 0.1) is 13.2 Å². The van der Waals surface area contributed by atoms with Crippen LogP contribution < -0.4 is 15.0 Å². The van der Waals surface area contributed by atoms with Crippen LogP contribution in [0.25, 0.3) is 0 Å². The number of piperazine rings is 1. The molecule has 1 atom stereocenters. The van der Waals surface area contributed by atoms with Crippen LogP contribution in [0, 0.1) is 5.92 Å². The molecule has 1 aliphatic carbocycles. The van der Waals surface area contributed by atoms with Crippen LogP contribution in [0.3, 0.4) is 0 Å². The van der Waals surface area contributed by atoms with E-state index in [1.54, 1.807) is 19.2 Å². The number of anilines is 1. The van der Waals surface area contributed by atoms with E-state index in [1.165, 1.54) is 32.8 Å². The number of phenolic OH excluding ortho intramolecular Hbond substituents is 1. The predicted octanol–water partition coefficient (Wildman–Crippen LogP) is 4.38. The fourth-order valence-electron chi connectivity index (χ4n) is 4.97. The lowest BCUT2D eigenvalue weighted by atomic mass is 10.0. The Labute approximate surface area is 215 Å². The zero-order valence-corrected chi connectivity index (χ0v) is 21.9.